The molecule has 0 radical (unpaired) electrons. The van der Waals surface area contributed by atoms with Crippen molar-refractivity contribution in [2.45, 2.75) is 25.3 Å². The maximum atomic E-state index is 12.5. The number of fused-ring (bicyclic) bond motifs is 1. The van der Waals surface area contributed by atoms with E-state index in [-0.39, 0.29) is 11.8 Å². The van der Waals surface area contributed by atoms with Gasteiger partial charge in [0.1, 0.15) is 5.82 Å². The Labute approximate surface area is 187 Å². The number of rotatable bonds is 5. The summed E-state index contributed by atoms with van der Waals surface area (Å²) in [6.45, 7) is 1.99. The lowest BCUT2D eigenvalue weighted by Crippen LogP contribution is -2.37. The molecule has 9 heteroatoms. The van der Waals surface area contributed by atoms with Gasteiger partial charge in [0, 0.05) is 49.7 Å². The predicted octanol–water partition coefficient (Wildman–Crippen LogP) is 4.11. The highest BCUT2D eigenvalue weighted by Crippen LogP contribution is 2.31. The van der Waals surface area contributed by atoms with Gasteiger partial charge in [-0.15, -0.1) is 0 Å². The van der Waals surface area contributed by atoms with Gasteiger partial charge in [-0.1, -0.05) is 6.07 Å². The highest BCUT2D eigenvalue weighted by Gasteiger charge is 2.27. The third-order valence-corrected chi connectivity index (χ3v) is 6.14. The highest BCUT2D eigenvalue weighted by molar-refractivity contribution is 9.10. The zero-order chi connectivity index (χ0) is 21.2. The van der Waals surface area contributed by atoms with E-state index in [1.54, 1.807) is 29.0 Å². The van der Waals surface area contributed by atoms with Gasteiger partial charge in [-0.05, 0) is 52.5 Å². The Kier molecular flexibility index (Phi) is 5.42. The lowest BCUT2D eigenvalue weighted by molar-refractivity contribution is 0.0680. The van der Waals surface area contributed by atoms with E-state index < -0.39 is 0 Å². The Morgan fingerprint density at radius 3 is 2.84 bits per heavy atom. The van der Waals surface area contributed by atoms with Crippen LogP contribution in [0.2, 0.25) is 0 Å². The Morgan fingerprint density at radius 1 is 1.23 bits per heavy atom. The van der Waals surface area contributed by atoms with Crippen LogP contribution >= 0.6 is 15.9 Å². The number of anilines is 1. The molecule has 4 aromatic heterocycles. The van der Waals surface area contributed by atoms with Crippen molar-refractivity contribution in [3.8, 4) is 0 Å². The number of nitrogens with one attached hydrogen (secondary N) is 1. The van der Waals surface area contributed by atoms with E-state index in [4.69, 9.17) is 9.40 Å². The van der Waals surface area contributed by atoms with Gasteiger partial charge < -0.3 is 14.6 Å². The lowest BCUT2D eigenvalue weighted by Gasteiger charge is -2.31. The van der Waals surface area contributed by atoms with Crippen LogP contribution in [-0.4, -0.2) is 43.5 Å². The summed E-state index contributed by atoms with van der Waals surface area (Å²) in [6, 6.07) is 9.47. The monoisotopic (exact) mass is 480 g/mol. The van der Waals surface area contributed by atoms with Crippen molar-refractivity contribution >= 4 is 33.3 Å². The van der Waals surface area contributed by atoms with Gasteiger partial charge in [0.2, 0.25) is 0 Å². The van der Waals surface area contributed by atoms with Crippen LogP contribution < -0.4 is 5.32 Å². The number of carbonyl (C=O) groups is 1. The van der Waals surface area contributed by atoms with Gasteiger partial charge in [-0.25, -0.2) is 4.98 Å². The van der Waals surface area contributed by atoms with E-state index in [0.29, 0.717) is 25.4 Å². The highest BCUT2D eigenvalue weighted by atomic mass is 79.9. The lowest BCUT2D eigenvalue weighted by atomic mass is 9.93. The number of halogens is 1. The van der Waals surface area contributed by atoms with Gasteiger partial charge in [-0.3, -0.25) is 9.78 Å². The fourth-order valence-corrected chi connectivity index (χ4v) is 4.27. The summed E-state index contributed by atoms with van der Waals surface area (Å²) in [6.07, 6.45) is 8.60. The molecule has 1 aliphatic heterocycles. The van der Waals surface area contributed by atoms with Crippen LogP contribution in [-0.2, 0) is 6.54 Å². The number of hydrogen-bond acceptors (Lipinski definition) is 6. The standard InChI is InChI=1S/C22H21BrN6O2/c23-17-14-26-29-20(25-13-15-3-1-7-24-12-15)11-18(27-21(17)29)16-5-8-28(9-6-16)22(30)19-4-2-10-31-19/h1-4,7,10-12,14,16,25H,5-6,8-9,13H2. The zero-order valence-corrected chi connectivity index (χ0v) is 18.3. The molecule has 1 fully saturated rings. The van der Waals surface area contributed by atoms with Crippen molar-refractivity contribution in [3.63, 3.8) is 0 Å². The summed E-state index contributed by atoms with van der Waals surface area (Å²) in [5.41, 5.74) is 2.87. The maximum absolute atomic E-state index is 12.5. The van der Waals surface area contributed by atoms with Crippen molar-refractivity contribution in [1.82, 2.24) is 24.5 Å². The molecule has 0 aliphatic carbocycles. The number of pyridine rings is 1. The minimum Gasteiger partial charge on any atom is -0.459 e. The summed E-state index contributed by atoms with van der Waals surface area (Å²) in [4.78, 5) is 23.4. The molecule has 1 N–H and O–H groups in total. The first-order chi connectivity index (χ1) is 15.2. The summed E-state index contributed by atoms with van der Waals surface area (Å²) in [5.74, 6) is 1.49. The third-order valence-electron chi connectivity index (χ3n) is 5.58. The fraction of sp³-hybridized carbons (Fsp3) is 0.273. The summed E-state index contributed by atoms with van der Waals surface area (Å²) in [7, 11) is 0. The largest absolute Gasteiger partial charge is 0.459 e. The topological polar surface area (TPSA) is 88.6 Å². The van der Waals surface area contributed by atoms with Crippen LogP contribution in [0, 0.1) is 0 Å². The van der Waals surface area contributed by atoms with Gasteiger partial charge >= 0.3 is 0 Å². The van der Waals surface area contributed by atoms with Crippen molar-refractivity contribution < 1.29 is 9.21 Å². The predicted molar refractivity (Wildman–Crippen MR) is 119 cm³/mol. The Balaban J connectivity index is 1.35. The second-order valence-electron chi connectivity index (χ2n) is 7.55. The minimum atomic E-state index is -0.0516. The molecule has 5 heterocycles. The average Bonchev–Trinajstić information content (AvgIpc) is 3.48. The molecule has 158 valence electrons. The quantitative estimate of drug-likeness (QED) is 0.462. The van der Waals surface area contributed by atoms with Crippen molar-refractivity contribution in [2.24, 2.45) is 0 Å². The number of carbonyl (C=O) groups excluding carboxylic acids is 1. The molecule has 0 unspecified atom stereocenters. The molecule has 8 nitrogen and oxygen atoms in total. The second-order valence-corrected chi connectivity index (χ2v) is 8.41. The van der Waals surface area contributed by atoms with Crippen LogP contribution in [0.5, 0.6) is 0 Å². The molecule has 1 amide bonds. The van der Waals surface area contributed by atoms with Gasteiger partial charge in [0.05, 0.1) is 16.9 Å². The summed E-state index contributed by atoms with van der Waals surface area (Å²) >= 11 is 3.56. The molecular formula is C22H21BrN6O2. The van der Waals surface area contributed by atoms with E-state index in [1.807, 2.05) is 23.2 Å². The van der Waals surface area contributed by atoms with Gasteiger partial charge in [0.15, 0.2) is 11.4 Å². The van der Waals surface area contributed by atoms with Crippen LogP contribution in [0.3, 0.4) is 0 Å². The van der Waals surface area contributed by atoms with E-state index >= 15 is 0 Å². The van der Waals surface area contributed by atoms with Crippen LogP contribution in [0.15, 0.2) is 64.1 Å². The Bertz CT molecular complexity index is 1180. The van der Waals surface area contributed by atoms with Gasteiger partial charge in [-0.2, -0.15) is 9.61 Å². The van der Waals surface area contributed by atoms with Gasteiger partial charge in [0.25, 0.3) is 5.91 Å². The molecule has 0 saturated carbocycles. The molecule has 0 atom stereocenters. The molecule has 31 heavy (non-hydrogen) atoms. The first-order valence-electron chi connectivity index (χ1n) is 10.2. The number of amides is 1. The molecular weight excluding hydrogens is 460 g/mol. The number of likely N-dealkylation sites (tertiary alicyclic amines) is 1. The number of aromatic nitrogens is 4. The van der Waals surface area contributed by atoms with E-state index in [9.17, 15) is 4.79 Å². The van der Waals surface area contributed by atoms with E-state index in [1.165, 1.54) is 6.26 Å². The molecule has 0 bridgehead atoms. The van der Waals surface area contributed by atoms with Crippen molar-refractivity contribution in [3.05, 3.63) is 76.7 Å². The SMILES string of the molecule is O=C(c1ccco1)N1CCC(c2cc(NCc3cccnc3)n3ncc(Br)c3n2)CC1. The molecule has 0 aromatic carbocycles. The number of hydrogen-bond donors (Lipinski definition) is 1. The zero-order valence-electron chi connectivity index (χ0n) is 16.7. The van der Waals surface area contributed by atoms with E-state index in [2.05, 4.69) is 37.4 Å². The molecule has 0 spiro atoms. The smallest absolute Gasteiger partial charge is 0.289 e. The van der Waals surface area contributed by atoms with Crippen LogP contribution in [0.4, 0.5) is 5.82 Å². The number of nitrogens with zero attached hydrogens (tertiary/aromatic N) is 5. The first-order valence-corrected chi connectivity index (χ1v) is 11.0. The summed E-state index contributed by atoms with van der Waals surface area (Å²) in [5, 5.41) is 7.91. The molecule has 1 aliphatic rings. The second kappa shape index (κ2) is 8.50. The Morgan fingerprint density at radius 2 is 2.10 bits per heavy atom. The van der Waals surface area contributed by atoms with Crippen LogP contribution in [0.25, 0.3) is 5.65 Å². The van der Waals surface area contributed by atoms with Crippen LogP contribution in [0.1, 0.15) is 40.6 Å². The average molecular weight is 481 g/mol. The molecule has 1 saturated heterocycles. The minimum absolute atomic E-state index is 0.0516. The maximum Gasteiger partial charge on any atom is 0.289 e. The van der Waals surface area contributed by atoms with Crippen molar-refractivity contribution in [1.29, 1.82) is 0 Å². The third kappa shape index (κ3) is 4.05. The number of furan rings is 1. The fourth-order valence-electron chi connectivity index (χ4n) is 3.92. The van der Waals surface area contributed by atoms with E-state index in [0.717, 1.165) is 40.0 Å². The number of piperidine rings is 1. The normalized spacial score (nSPS) is 14.8. The first kappa shape index (κ1) is 19.7. The Hall–Kier alpha value is -3.20. The molecule has 4 aromatic rings. The summed E-state index contributed by atoms with van der Waals surface area (Å²) < 4.78 is 7.92. The van der Waals surface area contributed by atoms with Crippen molar-refractivity contribution in [2.75, 3.05) is 18.4 Å². The molecule has 5 rings (SSSR count).